The van der Waals surface area contributed by atoms with Crippen molar-refractivity contribution in [2.24, 2.45) is 5.73 Å². The zero-order chi connectivity index (χ0) is 14.3. The zero-order valence-corrected chi connectivity index (χ0v) is 10.9. The molecule has 0 saturated carbocycles. The lowest BCUT2D eigenvalue weighted by atomic mass is 10.0. The Bertz CT molecular complexity index is 396. The number of halogens is 2. The van der Waals surface area contributed by atoms with Crippen LogP contribution in [0.25, 0.3) is 0 Å². The molecule has 1 rings (SSSR count). The third-order valence-electron chi connectivity index (χ3n) is 2.74. The van der Waals surface area contributed by atoms with E-state index < -0.39 is 24.4 Å². The highest BCUT2D eigenvalue weighted by atomic mass is 19.3. The number of hydrogen-bond donors (Lipinski definition) is 1. The lowest BCUT2D eigenvalue weighted by Crippen LogP contribution is -2.38. The van der Waals surface area contributed by atoms with Crippen LogP contribution in [0.4, 0.5) is 8.78 Å². The average molecular weight is 271 g/mol. The first kappa shape index (κ1) is 15.6. The third-order valence-corrected chi connectivity index (χ3v) is 2.74. The molecule has 2 N–H and O–H groups in total. The Morgan fingerprint density at radius 2 is 2.00 bits per heavy atom. The summed E-state index contributed by atoms with van der Waals surface area (Å²) in [6, 6.07) is 8.74. The topological polar surface area (TPSA) is 52.3 Å². The molecule has 0 radical (unpaired) electrons. The maximum absolute atomic E-state index is 13.4. The highest BCUT2D eigenvalue weighted by Gasteiger charge is 2.41. The number of alkyl halides is 2. The SMILES string of the molecule is CCOC(=O)C(F)(F)C[C@@H](N)CCc1ccccc1. The molecule has 0 aliphatic rings. The predicted octanol–water partition coefficient (Wildman–Crippen LogP) is 2.54. The van der Waals surface area contributed by atoms with Gasteiger partial charge in [0.15, 0.2) is 0 Å². The summed E-state index contributed by atoms with van der Waals surface area (Å²) in [7, 11) is 0. The summed E-state index contributed by atoms with van der Waals surface area (Å²) < 4.78 is 31.2. The molecule has 5 heteroatoms. The number of carbonyl (C=O) groups is 1. The summed E-state index contributed by atoms with van der Waals surface area (Å²) in [5.41, 5.74) is 6.69. The van der Waals surface area contributed by atoms with Crippen molar-refractivity contribution in [1.29, 1.82) is 0 Å². The molecule has 0 saturated heterocycles. The Kier molecular flexibility index (Phi) is 5.89. The van der Waals surface area contributed by atoms with Gasteiger partial charge in [-0.15, -0.1) is 0 Å². The lowest BCUT2D eigenvalue weighted by Gasteiger charge is -2.19. The Labute approximate surface area is 111 Å². The first-order valence-electron chi connectivity index (χ1n) is 6.30. The first-order valence-corrected chi connectivity index (χ1v) is 6.30. The largest absolute Gasteiger partial charge is 0.462 e. The minimum absolute atomic E-state index is 0.0618. The lowest BCUT2D eigenvalue weighted by molar-refractivity contribution is -0.172. The highest BCUT2D eigenvalue weighted by molar-refractivity contribution is 5.77. The van der Waals surface area contributed by atoms with E-state index in [1.54, 1.807) is 0 Å². The van der Waals surface area contributed by atoms with Gasteiger partial charge in [0.05, 0.1) is 6.61 Å². The van der Waals surface area contributed by atoms with Gasteiger partial charge < -0.3 is 10.5 Å². The third kappa shape index (κ3) is 5.34. The standard InChI is InChI=1S/C14H19F2NO2/c1-2-19-13(18)14(15,16)10-12(17)9-8-11-6-4-3-5-7-11/h3-7,12H,2,8-10,17H2,1H3/t12-/m0/s1. The molecule has 0 unspecified atom stereocenters. The van der Waals surface area contributed by atoms with Crippen molar-refractivity contribution in [3.63, 3.8) is 0 Å². The number of esters is 1. The zero-order valence-electron chi connectivity index (χ0n) is 10.9. The highest BCUT2D eigenvalue weighted by Crippen LogP contribution is 2.23. The molecule has 0 aromatic heterocycles. The molecule has 3 nitrogen and oxygen atoms in total. The van der Waals surface area contributed by atoms with Crippen molar-refractivity contribution >= 4 is 5.97 Å². The molecule has 19 heavy (non-hydrogen) atoms. The Balaban J connectivity index is 2.42. The fourth-order valence-electron chi connectivity index (χ4n) is 1.75. The van der Waals surface area contributed by atoms with Gasteiger partial charge in [-0.1, -0.05) is 30.3 Å². The number of hydrogen-bond acceptors (Lipinski definition) is 3. The van der Waals surface area contributed by atoms with Crippen molar-refractivity contribution in [3.05, 3.63) is 35.9 Å². The minimum Gasteiger partial charge on any atom is -0.462 e. The Hall–Kier alpha value is -1.49. The molecular formula is C14H19F2NO2. The second kappa shape index (κ2) is 7.19. The van der Waals surface area contributed by atoms with Gasteiger partial charge in [0.2, 0.25) is 0 Å². The van der Waals surface area contributed by atoms with Crippen LogP contribution in [0.15, 0.2) is 30.3 Å². The quantitative estimate of drug-likeness (QED) is 0.775. The van der Waals surface area contributed by atoms with E-state index in [-0.39, 0.29) is 6.61 Å². The van der Waals surface area contributed by atoms with E-state index in [0.29, 0.717) is 12.8 Å². The van der Waals surface area contributed by atoms with Crippen LogP contribution in [0.1, 0.15) is 25.3 Å². The van der Waals surface area contributed by atoms with E-state index in [1.807, 2.05) is 30.3 Å². The Morgan fingerprint density at radius 1 is 1.37 bits per heavy atom. The van der Waals surface area contributed by atoms with Crippen molar-refractivity contribution in [2.45, 2.75) is 38.2 Å². The normalized spacial score (nSPS) is 13.1. The molecule has 0 amide bonds. The molecule has 0 fully saturated rings. The summed E-state index contributed by atoms with van der Waals surface area (Å²) in [6.45, 7) is 1.43. The summed E-state index contributed by atoms with van der Waals surface area (Å²) in [5.74, 6) is -5.00. The summed E-state index contributed by atoms with van der Waals surface area (Å²) >= 11 is 0. The van der Waals surface area contributed by atoms with Crippen molar-refractivity contribution < 1.29 is 18.3 Å². The van der Waals surface area contributed by atoms with Crippen LogP contribution in [0.3, 0.4) is 0 Å². The number of carbonyl (C=O) groups excluding carboxylic acids is 1. The van der Waals surface area contributed by atoms with Crippen LogP contribution in [0.2, 0.25) is 0 Å². The average Bonchev–Trinajstić information content (AvgIpc) is 2.37. The van der Waals surface area contributed by atoms with Crippen LogP contribution in [0, 0.1) is 0 Å². The molecule has 0 bridgehead atoms. The van der Waals surface area contributed by atoms with E-state index >= 15 is 0 Å². The first-order chi connectivity index (χ1) is 8.95. The van der Waals surface area contributed by atoms with Gasteiger partial charge in [-0.2, -0.15) is 8.78 Å². The molecule has 1 atom stereocenters. The van der Waals surface area contributed by atoms with Crippen molar-refractivity contribution in [3.8, 4) is 0 Å². The van der Waals surface area contributed by atoms with E-state index in [1.165, 1.54) is 6.92 Å². The maximum Gasteiger partial charge on any atom is 0.377 e. The molecule has 0 aliphatic carbocycles. The number of ether oxygens (including phenoxy) is 1. The van der Waals surface area contributed by atoms with Crippen LogP contribution < -0.4 is 5.73 Å². The molecule has 0 aliphatic heterocycles. The van der Waals surface area contributed by atoms with E-state index in [4.69, 9.17) is 5.73 Å². The monoisotopic (exact) mass is 271 g/mol. The summed E-state index contributed by atoms with van der Waals surface area (Å²) in [5, 5.41) is 0. The van der Waals surface area contributed by atoms with Gasteiger partial charge in [0.25, 0.3) is 0 Å². The number of aryl methyl sites for hydroxylation is 1. The number of rotatable bonds is 7. The molecule has 0 heterocycles. The van der Waals surface area contributed by atoms with Gasteiger partial charge in [-0.25, -0.2) is 4.79 Å². The van der Waals surface area contributed by atoms with Crippen LogP contribution in [0.5, 0.6) is 0 Å². The minimum atomic E-state index is -3.51. The smallest absolute Gasteiger partial charge is 0.377 e. The maximum atomic E-state index is 13.4. The van der Waals surface area contributed by atoms with E-state index in [0.717, 1.165) is 5.56 Å². The van der Waals surface area contributed by atoms with Gasteiger partial charge in [0, 0.05) is 12.5 Å². The summed E-state index contributed by atoms with van der Waals surface area (Å²) in [6.07, 6.45) is 0.332. The fraction of sp³-hybridized carbons (Fsp3) is 0.500. The molecule has 0 spiro atoms. The molecule has 1 aromatic rings. The molecular weight excluding hydrogens is 252 g/mol. The summed E-state index contributed by atoms with van der Waals surface area (Å²) in [4.78, 5) is 11.0. The van der Waals surface area contributed by atoms with Crippen molar-refractivity contribution in [1.82, 2.24) is 0 Å². The van der Waals surface area contributed by atoms with E-state index in [9.17, 15) is 13.6 Å². The Morgan fingerprint density at radius 3 is 2.58 bits per heavy atom. The van der Waals surface area contributed by atoms with Gasteiger partial charge in [-0.05, 0) is 25.3 Å². The van der Waals surface area contributed by atoms with Crippen LogP contribution in [-0.4, -0.2) is 24.5 Å². The molecule has 106 valence electrons. The van der Waals surface area contributed by atoms with Gasteiger partial charge in [0.1, 0.15) is 0 Å². The second-order valence-electron chi connectivity index (χ2n) is 4.41. The number of benzene rings is 1. The predicted molar refractivity (Wildman–Crippen MR) is 68.9 cm³/mol. The van der Waals surface area contributed by atoms with Crippen LogP contribution >= 0.6 is 0 Å². The fourth-order valence-corrected chi connectivity index (χ4v) is 1.75. The van der Waals surface area contributed by atoms with Crippen LogP contribution in [-0.2, 0) is 16.0 Å². The second-order valence-corrected chi connectivity index (χ2v) is 4.41. The van der Waals surface area contributed by atoms with Crippen molar-refractivity contribution in [2.75, 3.05) is 6.61 Å². The van der Waals surface area contributed by atoms with Gasteiger partial charge in [-0.3, -0.25) is 0 Å². The van der Waals surface area contributed by atoms with Gasteiger partial charge >= 0.3 is 11.9 Å². The number of nitrogens with two attached hydrogens (primary N) is 1. The molecule has 1 aromatic carbocycles. The van der Waals surface area contributed by atoms with E-state index in [2.05, 4.69) is 4.74 Å².